The fourth-order valence-corrected chi connectivity index (χ4v) is 2.65. The molecule has 0 aliphatic rings. The maximum Gasteiger partial charge on any atom is 0.406 e. The van der Waals surface area contributed by atoms with E-state index in [-0.39, 0.29) is 13.1 Å². The molecule has 1 N–H and O–H groups in total. The summed E-state index contributed by atoms with van der Waals surface area (Å²) in [4.78, 5) is 11.0. The van der Waals surface area contributed by atoms with Crippen LogP contribution < -0.4 is 9.62 Å². The molecule has 0 unspecified atom stereocenters. The zero-order valence-electron chi connectivity index (χ0n) is 11.5. The SMILES string of the molecule is COC(=O)NCCN(c1ccc(C)c(Cl)c1)S(C)(=O)=O. The molecule has 0 saturated heterocycles. The van der Waals surface area contributed by atoms with E-state index in [1.807, 2.05) is 6.92 Å². The van der Waals surface area contributed by atoms with Crippen LogP contribution in [-0.4, -0.2) is 41.0 Å². The number of ether oxygens (including phenoxy) is 1. The Morgan fingerprint density at radius 3 is 2.60 bits per heavy atom. The maximum absolute atomic E-state index is 11.8. The molecule has 1 aromatic rings. The van der Waals surface area contributed by atoms with E-state index in [2.05, 4.69) is 10.1 Å². The van der Waals surface area contributed by atoms with Crippen LogP contribution in [0.3, 0.4) is 0 Å². The summed E-state index contributed by atoms with van der Waals surface area (Å²) >= 11 is 6.00. The number of anilines is 1. The van der Waals surface area contributed by atoms with E-state index in [0.717, 1.165) is 11.8 Å². The molecule has 1 aromatic carbocycles. The lowest BCUT2D eigenvalue weighted by molar-refractivity contribution is 0.171. The summed E-state index contributed by atoms with van der Waals surface area (Å²) in [6, 6.07) is 4.99. The Labute approximate surface area is 123 Å². The smallest absolute Gasteiger partial charge is 0.406 e. The number of benzene rings is 1. The molecule has 0 atom stereocenters. The second kappa shape index (κ2) is 6.81. The number of alkyl carbamates (subject to hydrolysis) is 1. The van der Waals surface area contributed by atoms with Gasteiger partial charge in [0.05, 0.1) is 25.6 Å². The number of amides is 1. The van der Waals surface area contributed by atoms with Crippen LogP contribution in [0.15, 0.2) is 18.2 Å². The first kappa shape index (κ1) is 16.6. The van der Waals surface area contributed by atoms with Crippen molar-refractivity contribution in [1.82, 2.24) is 5.32 Å². The largest absolute Gasteiger partial charge is 0.453 e. The van der Waals surface area contributed by atoms with Gasteiger partial charge in [-0.15, -0.1) is 0 Å². The number of carbonyl (C=O) groups is 1. The fourth-order valence-electron chi connectivity index (χ4n) is 1.55. The van der Waals surface area contributed by atoms with E-state index >= 15 is 0 Å². The number of hydrogen-bond acceptors (Lipinski definition) is 4. The molecule has 112 valence electrons. The Bertz CT molecular complexity index is 589. The summed E-state index contributed by atoms with van der Waals surface area (Å²) in [5.41, 5.74) is 1.31. The number of methoxy groups -OCH3 is 1. The predicted molar refractivity (Wildman–Crippen MR) is 78.8 cm³/mol. The van der Waals surface area contributed by atoms with Gasteiger partial charge in [0.25, 0.3) is 0 Å². The van der Waals surface area contributed by atoms with Gasteiger partial charge in [-0.05, 0) is 24.6 Å². The summed E-state index contributed by atoms with van der Waals surface area (Å²) in [5, 5.41) is 2.91. The molecule has 1 rings (SSSR count). The van der Waals surface area contributed by atoms with Crippen LogP contribution >= 0.6 is 11.6 Å². The van der Waals surface area contributed by atoms with Crippen molar-refractivity contribution in [2.75, 3.05) is 30.8 Å². The van der Waals surface area contributed by atoms with Crippen LogP contribution in [0.1, 0.15) is 5.56 Å². The molecular weight excluding hydrogens is 304 g/mol. The monoisotopic (exact) mass is 320 g/mol. The molecule has 20 heavy (non-hydrogen) atoms. The highest BCUT2D eigenvalue weighted by Gasteiger charge is 2.18. The van der Waals surface area contributed by atoms with Crippen molar-refractivity contribution in [3.05, 3.63) is 28.8 Å². The highest BCUT2D eigenvalue weighted by atomic mass is 35.5. The molecule has 0 fully saturated rings. The predicted octanol–water partition coefficient (Wildman–Crippen LogP) is 1.77. The molecule has 0 aliphatic heterocycles. The molecule has 1 amide bonds. The lowest BCUT2D eigenvalue weighted by Crippen LogP contribution is -2.38. The summed E-state index contributed by atoms with van der Waals surface area (Å²) in [7, 11) is -2.23. The van der Waals surface area contributed by atoms with E-state index in [1.54, 1.807) is 18.2 Å². The van der Waals surface area contributed by atoms with Crippen LogP contribution in [0.5, 0.6) is 0 Å². The van der Waals surface area contributed by atoms with Gasteiger partial charge in [0.1, 0.15) is 0 Å². The number of rotatable bonds is 5. The van der Waals surface area contributed by atoms with Crippen LogP contribution in [0.25, 0.3) is 0 Å². The first-order valence-corrected chi connectivity index (χ1v) is 8.04. The Morgan fingerprint density at radius 1 is 1.45 bits per heavy atom. The second-order valence-corrected chi connectivity index (χ2v) is 6.50. The van der Waals surface area contributed by atoms with E-state index in [1.165, 1.54) is 11.4 Å². The van der Waals surface area contributed by atoms with Crippen molar-refractivity contribution in [2.24, 2.45) is 0 Å². The normalized spacial score (nSPS) is 11.0. The fraction of sp³-hybridized carbons (Fsp3) is 0.417. The Kier molecular flexibility index (Phi) is 5.64. The van der Waals surface area contributed by atoms with Crippen molar-refractivity contribution >= 4 is 33.4 Å². The number of nitrogens with one attached hydrogen (secondary N) is 1. The lowest BCUT2D eigenvalue weighted by Gasteiger charge is -2.23. The third-order valence-corrected chi connectivity index (χ3v) is 4.21. The van der Waals surface area contributed by atoms with Gasteiger partial charge in [0, 0.05) is 11.6 Å². The first-order chi connectivity index (χ1) is 9.25. The van der Waals surface area contributed by atoms with Gasteiger partial charge in [-0.25, -0.2) is 13.2 Å². The van der Waals surface area contributed by atoms with Gasteiger partial charge in [0.2, 0.25) is 10.0 Å². The number of hydrogen-bond donors (Lipinski definition) is 1. The molecule has 0 aliphatic carbocycles. The molecule has 8 heteroatoms. The topological polar surface area (TPSA) is 75.7 Å². The standard InChI is InChI=1S/C12H17ClN2O4S/c1-9-4-5-10(8-11(9)13)15(20(3,17)18)7-6-14-12(16)19-2/h4-5,8H,6-7H2,1-3H3,(H,14,16). The van der Waals surface area contributed by atoms with E-state index in [4.69, 9.17) is 11.6 Å². The zero-order valence-corrected chi connectivity index (χ0v) is 13.1. The van der Waals surface area contributed by atoms with Crippen molar-refractivity contribution in [3.8, 4) is 0 Å². The lowest BCUT2D eigenvalue weighted by atomic mass is 10.2. The minimum absolute atomic E-state index is 0.0906. The minimum atomic E-state index is -3.47. The van der Waals surface area contributed by atoms with Crippen molar-refractivity contribution in [2.45, 2.75) is 6.92 Å². The molecule has 6 nitrogen and oxygen atoms in total. The minimum Gasteiger partial charge on any atom is -0.453 e. The third-order valence-electron chi connectivity index (χ3n) is 2.61. The molecular formula is C12H17ClN2O4S. The van der Waals surface area contributed by atoms with Crippen LogP contribution in [0.2, 0.25) is 5.02 Å². The van der Waals surface area contributed by atoms with Gasteiger partial charge in [-0.1, -0.05) is 17.7 Å². The van der Waals surface area contributed by atoms with E-state index < -0.39 is 16.1 Å². The van der Waals surface area contributed by atoms with Crippen molar-refractivity contribution in [3.63, 3.8) is 0 Å². The van der Waals surface area contributed by atoms with E-state index in [9.17, 15) is 13.2 Å². The maximum atomic E-state index is 11.8. The summed E-state index contributed by atoms with van der Waals surface area (Å²) in [6.07, 6.45) is 0.485. The zero-order chi connectivity index (χ0) is 15.3. The van der Waals surface area contributed by atoms with Crippen LogP contribution in [0.4, 0.5) is 10.5 Å². The summed E-state index contributed by atoms with van der Waals surface area (Å²) in [5.74, 6) is 0. The Hall–Kier alpha value is -1.47. The third kappa shape index (κ3) is 4.57. The molecule has 0 spiro atoms. The quantitative estimate of drug-likeness (QED) is 0.897. The van der Waals surface area contributed by atoms with Gasteiger partial charge in [0.15, 0.2) is 0 Å². The molecule has 0 heterocycles. The van der Waals surface area contributed by atoms with Crippen LogP contribution in [-0.2, 0) is 14.8 Å². The average Bonchev–Trinajstić information content (AvgIpc) is 2.36. The first-order valence-electron chi connectivity index (χ1n) is 5.81. The number of nitrogens with zero attached hydrogens (tertiary/aromatic N) is 1. The van der Waals surface area contributed by atoms with Gasteiger partial charge < -0.3 is 10.1 Å². The number of sulfonamides is 1. The number of aryl methyl sites for hydroxylation is 1. The highest BCUT2D eigenvalue weighted by Crippen LogP contribution is 2.24. The molecule has 0 aromatic heterocycles. The molecule has 0 bridgehead atoms. The van der Waals surface area contributed by atoms with Gasteiger partial charge in [-0.3, -0.25) is 4.31 Å². The van der Waals surface area contributed by atoms with E-state index in [0.29, 0.717) is 10.7 Å². The Balaban J connectivity index is 2.90. The van der Waals surface area contributed by atoms with Gasteiger partial charge in [-0.2, -0.15) is 0 Å². The second-order valence-electron chi connectivity index (χ2n) is 4.19. The summed E-state index contributed by atoms with van der Waals surface area (Å²) in [6.45, 7) is 2.05. The summed E-state index contributed by atoms with van der Waals surface area (Å²) < 4.78 is 29.2. The van der Waals surface area contributed by atoms with Gasteiger partial charge >= 0.3 is 6.09 Å². The highest BCUT2D eigenvalue weighted by molar-refractivity contribution is 7.92. The average molecular weight is 321 g/mol. The van der Waals surface area contributed by atoms with Crippen molar-refractivity contribution < 1.29 is 17.9 Å². The molecule has 0 saturated carbocycles. The number of carbonyl (C=O) groups excluding carboxylic acids is 1. The molecule has 0 radical (unpaired) electrons. The number of halogens is 1. The van der Waals surface area contributed by atoms with Crippen molar-refractivity contribution in [1.29, 1.82) is 0 Å². The van der Waals surface area contributed by atoms with Crippen LogP contribution in [0, 0.1) is 6.92 Å². The Morgan fingerprint density at radius 2 is 2.10 bits per heavy atom.